The second-order valence-corrected chi connectivity index (χ2v) is 6.17. The van der Waals surface area contributed by atoms with Gasteiger partial charge < -0.3 is 19.6 Å². The van der Waals surface area contributed by atoms with Gasteiger partial charge >= 0.3 is 5.82 Å². The van der Waals surface area contributed by atoms with Crippen molar-refractivity contribution in [2.45, 2.75) is 6.92 Å². The third-order valence-corrected chi connectivity index (χ3v) is 4.30. The fourth-order valence-electron chi connectivity index (χ4n) is 2.10. The molecule has 0 bridgehead atoms. The molecule has 0 unspecified atom stereocenters. The maximum absolute atomic E-state index is 10.9. The Bertz CT molecular complexity index is 1050. The topological polar surface area (TPSA) is 87.4 Å². The number of hydrogen-bond acceptors (Lipinski definition) is 7. The fraction of sp³-hybridized carbons (Fsp3) is 0.158. The molecular formula is C19H14N3O4S. The number of allylic oxidation sites excluding steroid dienone is 1. The smallest absolute Gasteiger partial charge is 0.380 e. The Balaban J connectivity index is 1.73. The monoisotopic (exact) mass is 380 g/mol. The Morgan fingerprint density at radius 2 is 2.30 bits per heavy atom. The molecule has 8 heteroatoms. The Hall–Kier alpha value is -3.28. The molecule has 2 aromatic heterocycles. The summed E-state index contributed by atoms with van der Waals surface area (Å²) in [5.74, 6) is 5.90. The molecule has 2 heterocycles. The third kappa shape index (κ3) is 4.88. The van der Waals surface area contributed by atoms with E-state index < -0.39 is 4.92 Å². The average molecular weight is 380 g/mol. The molecule has 0 fully saturated rings. The van der Waals surface area contributed by atoms with Gasteiger partial charge in [0.05, 0.1) is 10.2 Å². The van der Waals surface area contributed by atoms with Crippen LogP contribution in [0.2, 0.25) is 0 Å². The number of nitro groups is 1. The van der Waals surface area contributed by atoms with Crippen LogP contribution < -0.4 is 4.74 Å². The molecule has 0 atom stereocenters. The Kier molecular flexibility index (Phi) is 6.10. The summed E-state index contributed by atoms with van der Waals surface area (Å²) in [6, 6.07) is 8.62. The molecule has 0 N–H and O–H groups in total. The van der Waals surface area contributed by atoms with Crippen molar-refractivity contribution < 1.29 is 14.4 Å². The summed E-state index contributed by atoms with van der Waals surface area (Å²) in [4.78, 5) is 18.4. The van der Waals surface area contributed by atoms with Crippen molar-refractivity contribution in [1.29, 1.82) is 0 Å². The highest BCUT2D eigenvalue weighted by Gasteiger charge is 2.11. The van der Waals surface area contributed by atoms with Crippen LogP contribution in [0.3, 0.4) is 0 Å². The molecule has 3 aromatic rings. The number of thiazole rings is 1. The minimum absolute atomic E-state index is 0.210. The van der Waals surface area contributed by atoms with Gasteiger partial charge in [0.1, 0.15) is 16.3 Å². The van der Waals surface area contributed by atoms with Gasteiger partial charge in [0.2, 0.25) is 6.20 Å². The lowest BCUT2D eigenvalue weighted by Gasteiger charge is -2.04. The molecule has 0 aliphatic rings. The number of pyridine rings is 1. The predicted octanol–water partition coefficient (Wildman–Crippen LogP) is 3.84. The zero-order chi connectivity index (χ0) is 19.1. The highest BCUT2D eigenvalue weighted by atomic mass is 32.1. The van der Waals surface area contributed by atoms with Crippen molar-refractivity contribution in [1.82, 2.24) is 9.97 Å². The summed E-state index contributed by atoms with van der Waals surface area (Å²) in [6.07, 6.45) is 5.79. The van der Waals surface area contributed by atoms with Gasteiger partial charge in [-0.2, -0.15) is 0 Å². The van der Waals surface area contributed by atoms with E-state index in [0.29, 0.717) is 6.61 Å². The number of benzene rings is 1. The van der Waals surface area contributed by atoms with Crippen LogP contribution >= 0.6 is 11.3 Å². The van der Waals surface area contributed by atoms with Crippen molar-refractivity contribution in [3.05, 3.63) is 63.3 Å². The quantitative estimate of drug-likeness (QED) is 0.212. The van der Waals surface area contributed by atoms with Gasteiger partial charge in [0, 0.05) is 6.61 Å². The molecule has 1 aromatic carbocycles. The van der Waals surface area contributed by atoms with Crippen molar-refractivity contribution in [3.63, 3.8) is 0 Å². The van der Waals surface area contributed by atoms with E-state index in [1.807, 2.05) is 25.1 Å². The Morgan fingerprint density at radius 1 is 1.41 bits per heavy atom. The van der Waals surface area contributed by atoms with Crippen molar-refractivity contribution in [2.24, 2.45) is 0 Å². The summed E-state index contributed by atoms with van der Waals surface area (Å²) in [6.45, 7) is 2.71. The molecule has 0 spiro atoms. The molecule has 0 aliphatic heterocycles. The lowest BCUT2D eigenvalue weighted by atomic mass is 10.2. The van der Waals surface area contributed by atoms with E-state index in [-0.39, 0.29) is 18.2 Å². The molecule has 27 heavy (non-hydrogen) atoms. The molecule has 0 amide bonds. The molecule has 7 nitrogen and oxygen atoms in total. The van der Waals surface area contributed by atoms with E-state index in [1.54, 1.807) is 12.2 Å². The van der Waals surface area contributed by atoms with Crippen LogP contribution in [0.1, 0.15) is 17.5 Å². The van der Waals surface area contributed by atoms with Crippen molar-refractivity contribution in [3.8, 4) is 17.6 Å². The number of fused-ring (bicyclic) bond motifs is 1. The summed E-state index contributed by atoms with van der Waals surface area (Å²) in [5.41, 5.74) is 1.10. The van der Waals surface area contributed by atoms with Gasteiger partial charge in [0.15, 0.2) is 6.79 Å². The average Bonchev–Trinajstić information content (AvgIpc) is 3.08. The van der Waals surface area contributed by atoms with E-state index in [2.05, 4.69) is 28.0 Å². The first-order chi connectivity index (χ1) is 13.2. The lowest BCUT2D eigenvalue weighted by molar-refractivity contribution is -0.389. The summed E-state index contributed by atoms with van der Waals surface area (Å²) in [7, 11) is 0. The first-order valence-electron chi connectivity index (χ1n) is 7.98. The lowest BCUT2D eigenvalue weighted by Crippen LogP contribution is -2.01. The van der Waals surface area contributed by atoms with E-state index in [0.717, 1.165) is 21.0 Å². The first-order valence-corrected chi connectivity index (χ1v) is 8.79. The van der Waals surface area contributed by atoms with Gasteiger partial charge in [0.25, 0.3) is 0 Å². The summed E-state index contributed by atoms with van der Waals surface area (Å²) in [5, 5.41) is 11.7. The van der Waals surface area contributed by atoms with Crippen LogP contribution in [0.4, 0.5) is 5.82 Å². The second kappa shape index (κ2) is 8.89. The van der Waals surface area contributed by atoms with Gasteiger partial charge in [-0.1, -0.05) is 11.8 Å². The standard InChI is InChI=1S/C19H14N3O4S/c1-2-25-13-26-15-9-10-16-17(12-15)27-18(21-16)8-4-3-6-14-7-5-11-20-19(14)22(23)24/h4-5,7-10,12H,2,13H2,1H3/b8-4+. The largest absolute Gasteiger partial charge is 0.468 e. The summed E-state index contributed by atoms with van der Waals surface area (Å²) < 4.78 is 11.6. The number of ether oxygens (including phenoxy) is 2. The van der Waals surface area contributed by atoms with Gasteiger partial charge in [-0.3, -0.25) is 0 Å². The number of rotatable bonds is 6. The van der Waals surface area contributed by atoms with Crippen LogP contribution in [-0.4, -0.2) is 28.3 Å². The zero-order valence-electron chi connectivity index (χ0n) is 14.3. The molecule has 135 valence electrons. The maximum atomic E-state index is 10.9. The number of hydrogen-bond donors (Lipinski definition) is 0. The Labute approximate surface area is 159 Å². The zero-order valence-corrected chi connectivity index (χ0v) is 15.2. The van der Waals surface area contributed by atoms with Crippen LogP contribution in [0.5, 0.6) is 5.75 Å². The molecule has 3 rings (SSSR count). The molecular weight excluding hydrogens is 366 g/mol. The first kappa shape index (κ1) is 18.5. The molecule has 0 saturated carbocycles. The highest BCUT2D eigenvalue weighted by molar-refractivity contribution is 7.19. The third-order valence-electron chi connectivity index (χ3n) is 3.31. The summed E-state index contributed by atoms with van der Waals surface area (Å²) >= 11 is 1.49. The van der Waals surface area contributed by atoms with E-state index in [9.17, 15) is 10.1 Å². The van der Waals surface area contributed by atoms with Crippen molar-refractivity contribution in [2.75, 3.05) is 13.4 Å². The predicted molar refractivity (Wildman–Crippen MR) is 102 cm³/mol. The van der Waals surface area contributed by atoms with E-state index >= 15 is 0 Å². The normalized spacial score (nSPS) is 10.7. The molecule has 1 radical (unpaired) electrons. The maximum Gasteiger partial charge on any atom is 0.380 e. The van der Waals surface area contributed by atoms with Gasteiger partial charge in [-0.25, -0.2) is 4.98 Å². The molecule has 0 saturated heterocycles. The van der Waals surface area contributed by atoms with E-state index in [4.69, 9.17) is 9.47 Å². The minimum atomic E-state index is -0.580. The number of aromatic nitrogens is 2. The van der Waals surface area contributed by atoms with Crippen LogP contribution in [-0.2, 0) is 4.74 Å². The number of nitrogens with zero attached hydrogens (tertiary/aromatic N) is 3. The molecule has 0 aliphatic carbocycles. The van der Waals surface area contributed by atoms with Gasteiger partial charge in [-0.05, 0) is 59.3 Å². The highest BCUT2D eigenvalue weighted by Crippen LogP contribution is 2.27. The van der Waals surface area contributed by atoms with Crippen molar-refractivity contribution >= 4 is 33.4 Å². The van der Waals surface area contributed by atoms with Crippen LogP contribution in [0, 0.1) is 28.2 Å². The minimum Gasteiger partial charge on any atom is -0.468 e. The van der Waals surface area contributed by atoms with E-state index in [1.165, 1.54) is 23.5 Å². The van der Waals surface area contributed by atoms with Crippen LogP contribution in [0.25, 0.3) is 16.3 Å². The van der Waals surface area contributed by atoms with Gasteiger partial charge in [-0.15, -0.1) is 11.3 Å². The SMILES string of the molecule is CCOCOc1ccc2nc(/C=C/C#Cc3cc[c]nc3[N+](=O)[O-])sc2c1. The van der Waals surface area contributed by atoms with Crippen LogP contribution in [0.15, 0.2) is 36.4 Å². The second-order valence-electron chi connectivity index (χ2n) is 5.11. The Morgan fingerprint density at radius 3 is 3.11 bits per heavy atom. The fourth-order valence-corrected chi connectivity index (χ4v) is 3.00.